The fourth-order valence-corrected chi connectivity index (χ4v) is 3.36. The van der Waals surface area contributed by atoms with Crippen molar-refractivity contribution >= 4 is 17.7 Å². The Bertz CT molecular complexity index is 1180. The van der Waals surface area contributed by atoms with E-state index >= 15 is 0 Å². The third kappa shape index (κ3) is 6.49. The van der Waals surface area contributed by atoms with Gasteiger partial charge in [0.2, 0.25) is 5.95 Å². The lowest BCUT2D eigenvalue weighted by molar-refractivity contribution is -0.137. The van der Waals surface area contributed by atoms with Crippen LogP contribution in [0, 0.1) is 0 Å². The van der Waals surface area contributed by atoms with Crippen LogP contribution in [0.5, 0.6) is 11.5 Å². The number of methoxy groups -OCH3 is 2. The summed E-state index contributed by atoms with van der Waals surface area (Å²) in [6.07, 6.45) is -2.05. The van der Waals surface area contributed by atoms with Gasteiger partial charge in [-0.05, 0) is 12.1 Å². The van der Waals surface area contributed by atoms with E-state index < -0.39 is 24.6 Å². The number of hydrogen-bond donors (Lipinski definition) is 2. The zero-order valence-corrected chi connectivity index (χ0v) is 20.0. The monoisotopic (exact) mass is 506 g/mol. The minimum atomic E-state index is -4.53. The van der Waals surface area contributed by atoms with Crippen LogP contribution in [-0.2, 0) is 17.6 Å². The first-order valence-electron chi connectivity index (χ1n) is 10.6. The molecule has 3 aromatic rings. The van der Waals surface area contributed by atoms with E-state index in [4.69, 9.17) is 9.47 Å². The Hall–Kier alpha value is -4.16. The number of rotatable bonds is 10. The summed E-state index contributed by atoms with van der Waals surface area (Å²) in [5.41, 5.74) is 0.918. The fourth-order valence-electron chi connectivity index (χ4n) is 3.36. The fraction of sp³-hybridized carbons (Fsp3) is 0.348. The van der Waals surface area contributed by atoms with E-state index in [9.17, 15) is 23.1 Å². The predicted octanol–water partition coefficient (Wildman–Crippen LogP) is 3.23. The molecular formula is C23H25F3N6O4. The third-order valence-corrected chi connectivity index (χ3v) is 5.06. The number of aromatic nitrogens is 4. The Kier molecular flexibility index (Phi) is 8.12. The molecule has 0 saturated carbocycles. The molecule has 0 amide bonds. The molecule has 36 heavy (non-hydrogen) atoms. The number of halogens is 3. The van der Waals surface area contributed by atoms with Crippen LogP contribution in [0.2, 0.25) is 0 Å². The number of carboxylic acid groups (broad SMARTS) is 1. The van der Waals surface area contributed by atoms with Gasteiger partial charge in [-0.2, -0.15) is 18.2 Å². The van der Waals surface area contributed by atoms with Crippen molar-refractivity contribution in [3.8, 4) is 22.6 Å². The molecule has 10 nitrogen and oxygen atoms in total. The molecule has 13 heteroatoms. The number of aliphatic carboxylic acids is 1. The van der Waals surface area contributed by atoms with Crippen molar-refractivity contribution in [2.75, 3.05) is 38.5 Å². The van der Waals surface area contributed by atoms with Gasteiger partial charge in [-0.1, -0.05) is 6.07 Å². The van der Waals surface area contributed by atoms with Crippen LogP contribution in [0.25, 0.3) is 11.1 Å². The highest BCUT2D eigenvalue weighted by atomic mass is 19.4. The van der Waals surface area contributed by atoms with Gasteiger partial charge in [0.05, 0.1) is 26.2 Å². The second-order valence-electron chi connectivity index (χ2n) is 7.90. The number of benzene rings is 1. The van der Waals surface area contributed by atoms with Gasteiger partial charge >= 0.3 is 12.1 Å². The van der Waals surface area contributed by atoms with Crippen molar-refractivity contribution in [1.29, 1.82) is 0 Å². The highest BCUT2D eigenvalue weighted by Gasteiger charge is 2.31. The predicted molar refractivity (Wildman–Crippen MR) is 125 cm³/mol. The lowest BCUT2D eigenvalue weighted by Crippen LogP contribution is -2.33. The summed E-state index contributed by atoms with van der Waals surface area (Å²) in [5, 5.41) is 12.3. The molecule has 0 bridgehead atoms. The summed E-state index contributed by atoms with van der Waals surface area (Å²) in [4.78, 5) is 29.9. The number of nitrogens with zero attached hydrogens (tertiary/aromatic N) is 5. The zero-order valence-electron chi connectivity index (χ0n) is 20.0. The molecular weight excluding hydrogens is 481 g/mol. The third-order valence-electron chi connectivity index (χ3n) is 5.06. The summed E-state index contributed by atoms with van der Waals surface area (Å²) in [7, 11) is 6.25. The van der Waals surface area contributed by atoms with Crippen molar-refractivity contribution in [3.63, 3.8) is 0 Å². The molecule has 3 rings (SSSR count). The second-order valence-corrected chi connectivity index (χ2v) is 7.90. The standard InChI is InChI=1S/C23H25F3N6O4/c1-32(2)22-29-10-13(9-23(24,25)26)20(31-22)30-15(21(33)34)8-18-27-11-14(12-28-18)19-16(35-3)6-5-7-17(19)36-4/h5-7,10-12,15H,8-9H2,1-4H3,(H,33,34)(H,29,30,31). The summed E-state index contributed by atoms with van der Waals surface area (Å²) >= 11 is 0. The van der Waals surface area contributed by atoms with Crippen molar-refractivity contribution in [2.24, 2.45) is 0 Å². The first-order valence-corrected chi connectivity index (χ1v) is 10.6. The SMILES string of the molecule is COc1cccc(OC)c1-c1cnc(CC(Nc2nc(N(C)C)ncc2CC(F)(F)F)C(=O)O)nc1. The molecule has 192 valence electrons. The molecule has 0 aliphatic rings. The van der Waals surface area contributed by atoms with Gasteiger partial charge in [-0.25, -0.2) is 19.7 Å². The molecule has 1 atom stereocenters. The number of alkyl halides is 3. The number of hydrogen-bond acceptors (Lipinski definition) is 9. The van der Waals surface area contributed by atoms with Crippen LogP contribution in [-0.4, -0.2) is 71.5 Å². The maximum atomic E-state index is 13.1. The van der Waals surface area contributed by atoms with E-state index in [1.165, 1.54) is 31.5 Å². The average Bonchev–Trinajstić information content (AvgIpc) is 2.83. The van der Waals surface area contributed by atoms with Gasteiger partial charge < -0.3 is 24.8 Å². The largest absolute Gasteiger partial charge is 0.496 e. The Morgan fingerprint density at radius 1 is 1.08 bits per heavy atom. The maximum Gasteiger partial charge on any atom is 0.393 e. The quantitative estimate of drug-likeness (QED) is 0.424. The molecule has 0 saturated heterocycles. The normalized spacial score (nSPS) is 12.1. The van der Waals surface area contributed by atoms with Crippen molar-refractivity contribution in [2.45, 2.75) is 25.1 Å². The van der Waals surface area contributed by atoms with Crippen molar-refractivity contribution < 1.29 is 32.5 Å². The first-order chi connectivity index (χ1) is 17.0. The van der Waals surface area contributed by atoms with Gasteiger partial charge in [0.25, 0.3) is 0 Å². The maximum absolute atomic E-state index is 13.1. The van der Waals surface area contributed by atoms with Crippen LogP contribution in [0.4, 0.5) is 24.9 Å². The molecule has 1 unspecified atom stereocenters. The van der Waals surface area contributed by atoms with E-state index in [2.05, 4.69) is 25.3 Å². The average molecular weight is 506 g/mol. The minimum Gasteiger partial charge on any atom is -0.496 e. The van der Waals surface area contributed by atoms with Crippen molar-refractivity contribution in [3.05, 3.63) is 48.2 Å². The number of ether oxygens (including phenoxy) is 2. The summed E-state index contributed by atoms with van der Waals surface area (Å²) in [6, 6.07) is 3.91. The number of nitrogens with one attached hydrogen (secondary N) is 1. The Balaban J connectivity index is 1.88. The minimum absolute atomic E-state index is 0.124. The highest BCUT2D eigenvalue weighted by molar-refractivity contribution is 5.78. The van der Waals surface area contributed by atoms with Crippen LogP contribution in [0.3, 0.4) is 0 Å². The Labute approximate surface area is 205 Å². The second kappa shape index (κ2) is 11.1. The zero-order chi connectivity index (χ0) is 26.5. The molecule has 2 heterocycles. The molecule has 2 aromatic heterocycles. The Morgan fingerprint density at radius 3 is 2.19 bits per heavy atom. The van der Waals surface area contributed by atoms with E-state index in [1.807, 2.05) is 0 Å². The lowest BCUT2D eigenvalue weighted by atomic mass is 10.1. The van der Waals surface area contributed by atoms with Gasteiger partial charge in [0, 0.05) is 50.2 Å². The smallest absolute Gasteiger partial charge is 0.393 e. The van der Waals surface area contributed by atoms with E-state index in [1.54, 1.807) is 32.3 Å². The van der Waals surface area contributed by atoms with Gasteiger partial charge in [0.1, 0.15) is 29.2 Å². The van der Waals surface area contributed by atoms with Crippen LogP contribution >= 0.6 is 0 Å². The van der Waals surface area contributed by atoms with Gasteiger partial charge in [0.15, 0.2) is 0 Å². The lowest BCUT2D eigenvalue weighted by Gasteiger charge is -2.20. The van der Waals surface area contributed by atoms with E-state index in [-0.39, 0.29) is 29.6 Å². The topological polar surface area (TPSA) is 123 Å². The first kappa shape index (κ1) is 26.4. The number of carbonyl (C=O) groups is 1. The van der Waals surface area contributed by atoms with Crippen molar-refractivity contribution in [1.82, 2.24) is 19.9 Å². The molecule has 0 aliphatic carbocycles. The molecule has 0 fully saturated rings. The van der Waals surface area contributed by atoms with E-state index in [0.29, 0.717) is 22.6 Å². The summed E-state index contributed by atoms with van der Waals surface area (Å²) in [5.74, 6) is -0.182. The van der Waals surface area contributed by atoms with Gasteiger partial charge in [-0.3, -0.25) is 0 Å². The van der Waals surface area contributed by atoms with Crippen LogP contribution in [0.15, 0.2) is 36.8 Å². The molecule has 0 spiro atoms. The summed E-state index contributed by atoms with van der Waals surface area (Å²) < 4.78 is 50.0. The molecule has 0 aliphatic heterocycles. The number of carboxylic acids is 1. The highest BCUT2D eigenvalue weighted by Crippen LogP contribution is 2.37. The Morgan fingerprint density at radius 2 is 1.69 bits per heavy atom. The van der Waals surface area contributed by atoms with Crippen LogP contribution in [0.1, 0.15) is 11.4 Å². The van der Waals surface area contributed by atoms with Gasteiger partial charge in [-0.15, -0.1) is 0 Å². The van der Waals surface area contributed by atoms with Crippen LogP contribution < -0.4 is 19.7 Å². The number of anilines is 2. The molecule has 0 radical (unpaired) electrons. The summed E-state index contributed by atoms with van der Waals surface area (Å²) in [6.45, 7) is 0. The molecule has 1 aromatic carbocycles. The molecule has 2 N–H and O–H groups in total. The van der Waals surface area contributed by atoms with E-state index in [0.717, 1.165) is 6.20 Å².